The summed E-state index contributed by atoms with van der Waals surface area (Å²) in [5.41, 5.74) is 4.85. The van der Waals surface area contributed by atoms with Crippen molar-refractivity contribution in [1.29, 1.82) is 0 Å². The maximum Gasteiger partial charge on any atom is 0.194 e. The van der Waals surface area contributed by atoms with Gasteiger partial charge in [-0.1, -0.05) is 35.9 Å². The molecular formula is C22H28O3. The van der Waals surface area contributed by atoms with Crippen molar-refractivity contribution in [3.63, 3.8) is 0 Å². The first-order chi connectivity index (χ1) is 11.5. The second kappa shape index (κ2) is 6.74. The number of hydrogen-bond donors (Lipinski definition) is 1. The van der Waals surface area contributed by atoms with Gasteiger partial charge in [0.05, 0.1) is 11.2 Å². The van der Waals surface area contributed by atoms with Crippen LogP contribution in [-0.4, -0.2) is 29.2 Å². The molecule has 1 aliphatic rings. The van der Waals surface area contributed by atoms with Crippen molar-refractivity contribution in [1.82, 2.24) is 0 Å². The van der Waals surface area contributed by atoms with Crippen LogP contribution in [0.1, 0.15) is 54.7 Å². The van der Waals surface area contributed by atoms with Gasteiger partial charge in [-0.3, -0.25) is 4.79 Å². The van der Waals surface area contributed by atoms with Gasteiger partial charge in [-0.2, -0.15) is 0 Å². The number of carbonyl (C=O) groups excluding carboxylic acids is 1. The van der Waals surface area contributed by atoms with E-state index in [1.807, 2.05) is 58.0 Å². The zero-order chi connectivity index (χ0) is 19.0. The van der Waals surface area contributed by atoms with E-state index in [-0.39, 0.29) is 5.78 Å². The molecule has 3 nitrogen and oxygen atoms in total. The van der Waals surface area contributed by atoms with Crippen molar-refractivity contribution < 1.29 is 14.6 Å². The monoisotopic (exact) mass is 340 g/mol. The van der Waals surface area contributed by atoms with Crippen molar-refractivity contribution in [2.45, 2.75) is 52.7 Å². The molecule has 1 N–H and O–H groups in total. The van der Waals surface area contributed by atoms with Crippen LogP contribution in [-0.2, 0) is 4.74 Å². The summed E-state index contributed by atoms with van der Waals surface area (Å²) in [6, 6.07) is 12.1. The molecular weight excluding hydrogens is 312 g/mol. The summed E-state index contributed by atoms with van der Waals surface area (Å²) >= 11 is 0. The van der Waals surface area contributed by atoms with Crippen molar-refractivity contribution in [2.75, 3.05) is 7.11 Å². The quantitative estimate of drug-likeness (QED) is 0.736. The average molecular weight is 340 g/mol. The minimum Gasteiger partial charge on any atom is -0.387 e. The van der Waals surface area contributed by atoms with Crippen molar-refractivity contribution in [3.05, 3.63) is 58.7 Å². The minimum absolute atomic E-state index is 0.173. The van der Waals surface area contributed by atoms with Gasteiger partial charge in [0.25, 0.3) is 0 Å². The summed E-state index contributed by atoms with van der Waals surface area (Å²) < 4.78 is 5.05. The molecule has 0 unspecified atom stereocenters. The molecule has 0 saturated heterocycles. The molecule has 0 atom stereocenters. The van der Waals surface area contributed by atoms with Gasteiger partial charge in [0.2, 0.25) is 0 Å². The predicted octanol–water partition coefficient (Wildman–Crippen LogP) is 4.70. The van der Waals surface area contributed by atoms with Gasteiger partial charge in [0.1, 0.15) is 0 Å². The van der Waals surface area contributed by atoms with Crippen LogP contribution in [0.2, 0.25) is 0 Å². The number of ether oxygens (including phenoxy) is 1. The van der Waals surface area contributed by atoms with E-state index in [4.69, 9.17) is 4.74 Å². The number of aliphatic hydroxyl groups is 1. The number of hydrogen-bond acceptors (Lipinski definition) is 3. The number of rotatable bonds is 2. The molecule has 0 heterocycles. The van der Waals surface area contributed by atoms with Gasteiger partial charge >= 0.3 is 0 Å². The van der Waals surface area contributed by atoms with Crippen molar-refractivity contribution in [3.8, 4) is 11.1 Å². The Hall–Kier alpha value is -1.97. The molecule has 0 bridgehead atoms. The first-order valence-electron chi connectivity index (χ1n) is 8.52. The Kier molecular flexibility index (Phi) is 5.22. The summed E-state index contributed by atoms with van der Waals surface area (Å²) in [4.78, 5) is 12.3. The molecule has 0 radical (unpaired) electrons. The van der Waals surface area contributed by atoms with Crippen LogP contribution in [0, 0.1) is 13.8 Å². The number of methoxy groups -OCH3 is 1. The zero-order valence-corrected chi connectivity index (χ0v) is 16.2. The Morgan fingerprint density at radius 3 is 2.08 bits per heavy atom. The number of benzene rings is 2. The van der Waals surface area contributed by atoms with Gasteiger partial charge in [-0.05, 0) is 64.3 Å². The fourth-order valence-electron chi connectivity index (χ4n) is 2.66. The van der Waals surface area contributed by atoms with E-state index in [1.165, 1.54) is 0 Å². The molecule has 134 valence electrons. The van der Waals surface area contributed by atoms with Crippen LogP contribution in [0.15, 0.2) is 36.4 Å². The summed E-state index contributed by atoms with van der Waals surface area (Å²) in [5, 5.41) is 9.42. The van der Waals surface area contributed by atoms with Gasteiger partial charge in [0, 0.05) is 18.2 Å². The lowest BCUT2D eigenvalue weighted by molar-refractivity contribution is -0.129. The molecule has 1 aliphatic carbocycles. The largest absolute Gasteiger partial charge is 0.387 e. The molecule has 25 heavy (non-hydrogen) atoms. The fourth-order valence-corrected chi connectivity index (χ4v) is 2.66. The van der Waals surface area contributed by atoms with Crippen LogP contribution in [0.3, 0.4) is 0 Å². The molecule has 0 fully saturated rings. The number of ketones is 1. The first kappa shape index (κ1) is 19.4. The second-order valence-corrected chi connectivity index (χ2v) is 7.65. The van der Waals surface area contributed by atoms with Crippen molar-refractivity contribution >= 4 is 5.78 Å². The highest BCUT2D eigenvalue weighted by molar-refractivity contribution is 6.22. The van der Waals surface area contributed by atoms with Gasteiger partial charge in [-0.25, -0.2) is 0 Å². The maximum atomic E-state index is 12.3. The van der Waals surface area contributed by atoms with Crippen LogP contribution in [0.25, 0.3) is 11.1 Å². The Labute approximate surface area is 150 Å². The molecule has 3 rings (SSSR count). The zero-order valence-electron chi connectivity index (χ0n) is 16.2. The molecule has 0 aliphatic heterocycles. The lowest BCUT2D eigenvalue weighted by Gasteiger charge is -2.35. The molecule has 2 aromatic rings. The Morgan fingerprint density at radius 2 is 1.56 bits per heavy atom. The first-order valence-corrected chi connectivity index (χ1v) is 8.52. The standard InChI is InChI=1S/C15H12O.C7H16O2/c1-9-6-7-11-12-5-3-4-10(2)14(12)15(16)13(11)8-9;1-6(2,8)7(3,4)9-5/h3-8H,1-2H3;8H,1-5H3. The summed E-state index contributed by atoms with van der Waals surface area (Å²) in [5.74, 6) is 0.173. The molecule has 0 amide bonds. The smallest absolute Gasteiger partial charge is 0.194 e. The molecule has 3 heteroatoms. The van der Waals surface area contributed by atoms with Gasteiger partial charge < -0.3 is 9.84 Å². The van der Waals surface area contributed by atoms with E-state index >= 15 is 0 Å². The Balaban J connectivity index is 0.000000217. The van der Waals surface area contributed by atoms with Crippen molar-refractivity contribution in [2.24, 2.45) is 0 Å². The molecule has 0 spiro atoms. The second-order valence-electron chi connectivity index (χ2n) is 7.65. The van der Waals surface area contributed by atoms with Crippen LogP contribution in [0.5, 0.6) is 0 Å². The highest BCUT2D eigenvalue weighted by atomic mass is 16.5. The Morgan fingerprint density at radius 1 is 0.920 bits per heavy atom. The van der Waals surface area contributed by atoms with E-state index in [9.17, 15) is 9.90 Å². The van der Waals surface area contributed by atoms with E-state index in [1.54, 1.807) is 21.0 Å². The van der Waals surface area contributed by atoms with E-state index in [0.29, 0.717) is 0 Å². The summed E-state index contributed by atoms with van der Waals surface area (Å²) in [6.07, 6.45) is 0. The Bertz CT molecular complexity index is 795. The number of fused-ring (bicyclic) bond motifs is 3. The molecule has 0 saturated carbocycles. The third-order valence-electron chi connectivity index (χ3n) is 5.19. The van der Waals surface area contributed by atoms with Crippen LogP contribution < -0.4 is 0 Å². The summed E-state index contributed by atoms with van der Waals surface area (Å²) in [6.45, 7) is 11.2. The highest BCUT2D eigenvalue weighted by Gasteiger charge is 2.34. The van der Waals surface area contributed by atoms with E-state index in [0.717, 1.165) is 33.4 Å². The number of aryl methyl sites for hydroxylation is 2. The average Bonchev–Trinajstić information content (AvgIpc) is 2.81. The maximum absolute atomic E-state index is 12.3. The topological polar surface area (TPSA) is 46.5 Å². The van der Waals surface area contributed by atoms with Gasteiger partial charge in [0.15, 0.2) is 5.78 Å². The fraction of sp³-hybridized carbons (Fsp3) is 0.409. The normalized spacial score (nSPS) is 13.0. The summed E-state index contributed by atoms with van der Waals surface area (Å²) in [7, 11) is 1.60. The van der Waals surface area contributed by atoms with E-state index in [2.05, 4.69) is 6.07 Å². The van der Waals surface area contributed by atoms with Crippen LogP contribution >= 0.6 is 0 Å². The third-order valence-corrected chi connectivity index (χ3v) is 5.19. The minimum atomic E-state index is -0.776. The molecule has 2 aromatic carbocycles. The molecule has 0 aromatic heterocycles. The van der Waals surface area contributed by atoms with E-state index < -0.39 is 11.2 Å². The lowest BCUT2D eigenvalue weighted by atomic mass is 9.90. The van der Waals surface area contributed by atoms with Crippen LogP contribution in [0.4, 0.5) is 0 Å². The lowest BCUT2D eigenvalue weighted by Crippen LogP contribution is -2.46. The third kappa shape index (κ3) is 3.68. The van der Waals surface area contributed by atoms with Gasteiger partial charge in [-0.15, -0.1) is 0 Å². The number of carbonyl (C=O) groups is 1. The SMILES string of the molecule is COC(C)(C)C(C)(C)O.Cc1ccc2c(c1)C(=O)c1c(C)cccc1-2. The highest BCUT2D eigenvalue weighted by Crippen LogP contribution is 2.38. The predicted molar refractivity (Wildman–Crippen MR) is 102 cm³/mol.